The molecule has 0 aliphatic heterocycles. The first-order chi connectivity index (χ1) is 14.1. The van der Waals surface area contributed by atoms with E-state index < -0.39 is 5.91 Å². The molecule has 1 aromatic heterocycles. The van der Waals surface area contributed by atoms with E-state index in [1.165, 1.54) is 6.20 Å². The molecular formula is C23H20ClN3O2. The number of carbonyl (C=O) groups excluding carboxylic acids is 2. The van der Waals surface area contributed by atoms with Crippen LogP contribution in [0.5, 0.6) is 0 Å². The molecule has 1 heterocycles. The summed E-state index contributed by atoms with van der Waals surface area (Å²) < 4.78 is 0. The van der Waals surface area contributed by atoms with Crippen LogP contribution in [-0.2, 0) is 13.0 Å². The molecule has 2 aromatic carbocycles. The number of primary amides is 1. The maximum atomic E-state index is 13.5. The summed E-state index contributed by atoms with van der Waals surface area (Å²) in [6.45, 7) is 0.217. The molecule has 0 bridgehead atoms. The molecule has 29 heavy (non-hydrogen) atoms. The number of aromatic nitrogens is 1. The Bertz CT molecular complexity index is 1070. The topological polar surface area (TPSA) is 76.3 Å². The van der Waals surface area contributed by atoms with Crippen LogP contribution in [-0.4, -0.2) is 21.7 Å². The number of nitrogens with two attached hydrogens (primary N) is 1. The highest BCUT2D eigenvalue weighted by atomic mass is 35.5. The number of amides is 2. The third-order valence-electron chi connectivity index (χ3n) is 5.29. The number of benzene rings is 2. The van der Waals surface area contributed by atoms with Crippen LogP contribution in [0.1, 0.15) is 50.0 Å². The molecule has 0 fully saturated rings. The Kier molecular flexibility index (Phi) is 5.32. The zero-order valence-electron chi connectivity index (χ0n) is 15.7. The number of fused-ring (bicyclic) bond motifs is 1. The Morgan fingerprint density at radius 2 is 1.86 bits per heavy atom. The number of halogens is 1. The van der Waals surface area contributed by atoms with Gasteiger partial charge in [0.2, 0.25) is 0 Å². The molecule has 2 amide bonds. The molecule has 1 atom stereocenters. The van der Waals surface area contributed by atoms with E-state index in [1.807, 2.05) is 36.4 Å². The maximum absolute atomic E-state index is 13.5. The first-order valence-corrected chi connectivity index (χ1v) is 9.81. The number of rotatable bonds is 5. The van der Waals surface area contributed by atoms with Crippen LogP contribution in [0.25, 0.3) is 0 Å². The molecule has 1 aliphatic carbocycles. The van der Waals surface area contributed by atoms with E-state index >= 15 is 0 Å². The number of carbonyl (C=O) groups is 2. The summed E-state index contributed by atoms with van der Waals surface area (Å²) in [7, 11) is 0. The van der Waals surface area contributed by atoms with Gasteiger partial charge in [0, 0.05) is 28.9 Å². The normalized spacial score (nSPS) is 15.0. The lowest BCUT2D eigenvalue weighted by molar-refractivity contribution is 0.0656. The van der Waals surface area contributed by atoms with Gasteiger partial charge in [0.25, 0.3) is 11.8 Å². The van der Waals surface area contributed by atoms with Crippen molar-refractivity contribution < 1.29 is 9.59 Å². The van der Waals surface area contributed by atoms with Crippen molar-refractivity contribution in [3.63, 3.8) is 0 Å². The highest BCUT2D eigenvalue weighted by Crippen LogP contribution is 2.41. The second kappa shape index (κ2) is 8.05. The Labute approximate surface area is 174 Å². The summed E-state index contributed by atoms with van der Waals surface area (Å²) >= 11 is 6.52. The monoisotopic (exact) mass is 405 g/mol. The van der Waals surface area contributed by atoms with Crippen LogP contribution >= 0.6 is 11.6 Å². The summed E-state index contributed by atoms with van der Waals surface area (Å²) in [5.41, 5.74) is 9.00. The highest BCUT2D eigenvalue weighted by molar-refractivity contribution is 6.31. The molecule has 5 nitrogen and oxygen atoms in total. The minimum absolute atomic E-state index is 0.123. The fourth-order valence-corrected chi connectivity index (χ4v) is 4.28. The van der Waals surface area contributed by atoms with E-state index in [4.69, 9.17) is 17.3 Å². The van der Waals surface area contributed by atoms with E-state index in [2.05, 4.69) is 4.98 Å². The van der Waals surface area contributed by atoms with Crippen molar-refractivity contribution in [2.24, 2.45) is 5.73 Å². The van der Waals surface area contributed by atoms with Crippen LogP contribution in [0.2, 0.25) is 5.02 Å². The van der Waals surface area contributed by atoms with Crippen molar-refractivity contribution in [3.05, 3.63) is 99.8 Å². The fourth-order valence-electron chi connectivity index (χ4n) is 3.96. The summed E-state index contributed by atoms with van der Waals surface area (Å²) in [6.07, 6.45) is 3.13. The van der Waals surface area contributed by atoms with Crippen molar-refractivity contribution in [2.45, 2.75) is 25.4 Å². The van der Waals surface area contributed by atoms with Gasteiger partial charge in [-0.1, -0.05) is 48.0 Å². The molecule has 0 radical (unpaired) electrons. The molecule has 2 N–H and O–H groups in total. The number of aryl methyl sites for hydroxylation is 1. The Morgan fingerprint density at radius 3 is 2.62 bits per heavy atom. The largest absolute Gasteiger partial charge is 0.364 e. The summed E-state index contributed by atoms with van der Waals surface area (Å²) in [5, 5.41) is 0.650. The third-order valence-corrected chi connectivity index (χ3v) is 5.62. The molecule has 6 heteroatoms. The second-order valence-corrected chi connectivity index (χ2v) is 7.45. The predicted molar refractivity (Wildman–Crippen MR) is 112 cm³/mol. The van der Waals surface area contributed by atoms with Gasteiger partial charge in [-0.3, -0.25) is 14.6 Å². The maximum Gasteiger partial charge on any atom is 0.267 e. The van der Waals surface area contributed by atoms with Gasteiger partial charge < -0.3 is 10.6 Å². The van der Waals surface area contributed by atoms with Gasteiger partial charge >= 0.3 is 0 Å². The Hall–Kier alpha value is -3.18. The standard InChI is InChI=1S/C23H20ClN3O2/c24-18-10-4-8-15-11-12-19(20(15)18)27(23(29)16-6-2-1-3-7-16)14-17-9-5-13-26-21(17)22(25)28/h1-10,13,19H,11-12,14H2,(H2,25,28)/t19-/m1/s1. The average Bonchev–Trinajstić information content (AvgIpc) is 3.17. The van der Waals surface area contributed by atoms with Gasteiger partial charge in [-0.25, -0.2) is 0 Å². The number of hydrogen-bond acceptors (Lipinski definition) is 3. The van der Waals surface area contributed by atoms with Crippen LogP contribution in [0, 0.1) is 0 Å². The zero-order chi connectivity index (χ0) is 20.4. The molecule has 1 aliphatic rings. The van der Waals surface area contributed by atoms with Crippen LogP contribution in [0.15, 0.2) is 66.9 Å². The molecule has 4 rings (SSSR count). The van der Waals surface area contributed by atoms with Crippen LogP contribution < -0.4 is 5.73 Å². The summed E-state index contributed by atoms with van der Waals surface area (Å²) in [4.78, 5) is 31.2. The van der Waals surface area contributed by atoms with Crippen LogP contribution in [0.3, 0.4) is 0 Å². The molecule has 0 spiro atoms. The van der Waals surface area contributed by atoms with Gasteiger partial charge in [-0.05, 0) is 48.2 Å². The Morgan fingerprint density at radius 1 is 1.07 bits per heavy atom. The van der Waals surface area contributed by atoms with Gasteiger partial charge in [0.15, 0.2) is 0 Å². The van der Waals surface area contributed by atoms with E-state index in [-0.39, 0.29) is 24.2 Å². The van der Waals surface area contributed by atoms with Crippen LogP contribution in [0.4, 0.5) is 0 Å². The van der Waals surface area contributed by atoms with Gasteiger partial charge in [-0.2, -0.15) is 0 Å². The van der Waals surface area contributed by atoms with Gasteiger partial charge in [-0.15, -0.1) is 0 Å². The lowest BCUT2D eigenvalue weighted by Gasteiger charge is -2.31. The van der Waals surface area contributed by atoms with E-state index in [0.717, 1.165) is 24.0 Å². The number of hydrogen-bond donors (Lipinski definition) is 1. The minimum Gasteiger partial charge on any atom is -0.364 e. The second-order valence-electron chi connectivity index (χ2n) is 7.04. The summed E-state index contributed by atoms with van der Waals surface area (Å²) in [5.74, 6) is -0.736. The SMILES string of the molecule is NC(=O)c1ncccc1CN(C(=O)c1ccccc1)[C@@H]1CCc2cccc(Cl)c21. The average molecular weight is 406 g/mol. The van der Waals surface area contributed by atoms with Gasteiger partial charge in [0.1, 0.15) is 5.69 Å². The highest BCUT2D eigenvalue weighted by Gasteiger charge is 2.34. The first-order valence-electron chi connectivity index (χ1n) is 9.43. The molecule has 0 saturated carbocycles. The summed E-state index contributed by atoms with van der Waals surface area (Å²) in [6, 6.07) is 18.3. The third kappa shape index (κ3) is 3.74. The molecule has 146 valence electrons. The van der Waals surface area contributed by atoms with Crippen molar-refractivity contribution >= 4 is 23.4 Å². The number of pyridine rings is 1. The van der Waals surface area contributed by atoms with Crippen molar-refractivity contribution in [3.8, 4) is 0 Å². The zero-order valence-corrected chi connectivity index (χ0v) is 16.5. The van der Waals surface area contributed by atoms with Crippen molar-refractivity contribution in [2.75, 3.05) is 0 Å². The Balaban J connectivity index is 1.78. The van der Waals surface area contributed by atoms with Crippen molar-refractivity contribution in [1.29, 1.82) is 0 Å². The van der Waals surface area contributed by atoms with Gasteiger partial charge in [0.05, 0.1) is 6.04 Å². The van der Waals surface area contributed by atoms with E-state index in [9.17, 15) is 9.59 Å². The predicted octanol–water partition coefficient (Wildman–Crippen LogP) is 4.16. The lowest BCUT2D eigenvalue weighted by atomic mass is 10.0. The van der Waals surface area contributed by atoms with E-state index in [1.54, 1.807) is 29.2 Å². The lowest BCUT2D eigenvalue weighted by Crippen LogP contribution is -2.34. The van der Waals surface area contributed by atoms with Crippen molar-refractivity contribution in [1.82, 2.24) is 9.88 Å². The fraction of sp³-hybridized carbons (Fsp3) is 0.174. The molecule has 3 aromatic rings. The first kappa shape index (κ1) is 19.2. The quantitative estimate of drug-likeness (QED) is 0.692. The minimum atomic E-state index is -0.613. The molecular weight excluding hydrogens is 386 g/mol. The molecule has 0 unspecified atom stereocenters. The molecule has 0 saturated heterocycles. The van der Waals surface area contributed by atoms with E-state index in [0.29, 0.717) is 16.1 Å². The number of nitrogens with zero attached hydrogens (tertiary/aromatic N) is 2. The smallest absolute Gasteiger partial charge is 0.267 e.